The zero-order valence-electron chi connectivity index (χ0n) is 11.6. The number of nitrogens with zero attached hydrogens (tertiary/aromatic N) is 1. The highest BCUT2D eigenvalue weighted by Gasteiger charge is 2.13. The van der Waals surface area contributed by atoms with Crippen LogP contribution in [-0.2, 0) is 6.54 Å². The predicted molar refractivity (Wildman–Crippen MR) is 85.6 cm³/mol. The maximum Gasteiger partial charge on any atom is 0.124 e. The second kappa shape index (κ2) is 5.76. The third-order valence-electron chi connectivity index (χ3n) is 3.22. The molecule has 0 unspecified atom stereocenters. The van der Waals surface area contributed by atoms with Crippen molar-refractivity contribution in [1.82, 2.24) is 4.98 Å². The highest BCUT2D eigenvalue weighted by atomic mass is 32.1. The predicted octanol–water partition coefficient (Wildman–Crippen LogP) is 4.38. The molecule has 21 heavy (non-hydrogen) atoms. The molecule has 4 heteroatoms. The van der Waals surface area contributed by atoms with E-state index in [9.17, 15) is 4.39 Å². The van der Waals surface area contributed by atoms with E-state index in [2.05, 4.69) is 4.98 Å². The molecule has 0 aliphatic carbocycles. The van der Waals surface area contributed by atoms with Crippen LogP contribution in [0.2, 0.25) is 0 Å². The Hall–Kier alpha value is -2.04. The van der Waals surface area contributed by atoms with E-state index in [1.54, 1.807) is 0 Å². The molecule has 2 aromatic carbocycles. The molecule has 0 atom stereocenters. The Morgan fingerprint density at radius 3 is 2.52 bits per heavy atom. The van der Waals surface area contributed by atoms with E-state index < -0.39 is 0 Å². The van der Waals surface area contributed by atoms with Gasteiger partial charge in [0.15, 0.2) is 0 Å². The minimum atomic E-state index is -0.240. The lowest BCUT2D eigenvalue weighted by atomic mass is 10.1. The number of hydrogen-bond donors (Lipinski definition) is 1. The molecule has 106 valence electrons. The Balaban J connectivity index is 2.11. The monoisotopic (exact) mass is 298 g/mol. The quantitative estimate of drug-likeness (QED) is 0.779. The van der Waals surface area contributed by atoms with Crippen molar-refractivity contribution < 1.29 is 4.39 Å². The van der Waals surface area contributed by atoms with Crippen LogP contribution in [0.4, 0.5) is 4.39 Å². The minimum Gasteiger partial charge on any atom is -0.326 e. The van der Waals surface area contributed by atoms with Gasteiger partial charge in [0.05, 0.1) is 5.69 Å². The van der Waals surface area contributed by atoms with Gasteiger partial charge >= 0.3 is 0 Å². The van der Waals surface area contributed by atoms with Crippen LogP contribution >= 0.6 is 11.3 Å². The third kappa shape index (κ3) is 2.86. The van der Waals surface area contributed by atoms with Crippen LogP contribution in [0.15, 0.2) is 48.5 Å². The van der Waals surface area contributed by atoms with Crippen LogP contribution in [0, 0.1) is 12.7 Å². The van der Waals surface area contributed by atoms with Gasteiger partial charge < -0.3 is 5.73 Å². The normalized spacial score (nSPS) is 10.8. The molecule has 0 aliphatic rings. The van der Waals surface area contributed by atoms with Gasteiger partial charge in [-0.05, 0) is 30.7 Å². The van der Waals surface area contributed by atoms with Gasteiger partial charge in [-0.2, -0.15) is 0 Å². The highest BCUT2D eigenvalue weighted by molar-refractivity contribution is 7.15. The standard InChI is InChI=1S/C17H15FN2S/c1-11-7-13(9-14(18)8-11)17-20-16(15(10-19)21-17)12-5-3-2-4-6-12/h2-9H,10,19H2,1H3. The van der Waals surface area contributed by atoms with Crippen LogP contribution in [0.5, 0.6) is 0 Å². The van der Waals surface area contributed by atoms with Crippen LogP contribution in [-0.4, -0.2) is 4.98 Å². The minimum absolute atomic E-state index is 0.240. The van der Waals surface area contributed by atoms with E-state index in [-0.39, 0.29) is 5.82 Å². The average Bonchev–Trinajstić information content (AvgIpc) is 2.91. The number of benzene rings is 2. The van der Waals surface area contributed by atoms with Crippen molar-refractivity contribution in [1.29, 1.82) is 0 Å². The number of nitrogens with two attached hydrogens (primary N) is 1. The van der Waals surface area contributed by atoms with Crippen LogP contribution in [0.1, 0.15) is 10.4 Å². The van der Waals surface area contributed by atoms with Gasteiger partial charge in [0.2, 0.25) is 0 Å². The third-order valence-corrected chi connectivity index (χ3v) is 4.35. The first kappa shape index (κ1) is 13.9. The number of aryl methyl sites for hydroxylation is 1. The summed E-state index contributed by atoms with van der Waals surface area (Å²) in [5.41, 5.74) is 9.45. The van der Waals surface area contributed by atoms with E-state index in [4.69, 9.17) is 5.73 Å². The first-order valence-electron chi connectivity index (χ1n) is 6.70. The average molecular weight is 298 g/mol. The summed E-state index contributed by atoms with van der Waals surface area (Å²) in [5, 5.41) is 0.803. The molecule has 2 nitrogen and oxygen atoms in total. The summed E-state index contributed by atoms with van der Waals surface area (Å²) in [4.78, 5) is 5.69. The number of hydrogen-bond acceptors (Lipinski definition) is 3. The number of thiazole rings is 1. The van der Waals surface area contributed by atoms with Gasteiger partial charge in [0, 0.05) is 22.5 Å². The van der Waals surface area contributed by atoms with Crippen LogP contribution in [0.25, 0.3) is 21.8 Å². The van der Waals surface area contributed by atoms with Gasteiger partial charge in [-0.15, -0.1) is 11.3 Å². The van der Waals surface area contributed by atoms with E-state index in [0.29, 0.717) is 6.54 Å². The largest absolute Gasteiger partial charge is 0.326 e. The molecule has 0 radical (unpaired) electrons. The molecular formula is C17H15FN2S. The Bertz CT molecular complexity index is 745. The first-order chi connectivity index (χ1) is 10.2. The second-order valence-electron chi connectivity index (χ2n) is 4.88. The van der Waals surface area contributed by atoms with Gasteiger partial charge in [-0.3, -0.25) is 0 Å². The smallest absolute Gasteiger partial charge is 0.124 e. The molecule has 0 fully saturated rings. The van der Waals surface area contributed by atoms with Crippen molar-refractivity contribution >= 4 is 11.3 Å². The summed E-state index contributed by atoms with van der Waals surface area (Å²) >= 11 is 1.52. The summed E-state index contributed by atoms with van der Waals surface area (Å²) in [6.45, 7) is 2.30. The van der Waals surface area contributed by atoms with Crippen molar-refractivity contribution in [2.75, 3.05) is 0 Å². The first-order valence-corrected chi connectivity index (χ1v) is 7.52. The van der Waals surface area contributed by atoms with Crippen molar-refractivity contribution in [2.24, 2.45) is 5.73 Å². The maximum absolute atomic E-state index is 13.6. The molecule has 0 saturated carbocycles. The van der Waals surface area contributed by atoms with Gasteiger partial charge in [0.25, 0.3) is 0 Å². The Morgan fingerprint density at radius 1 is 1.10 bits per heavy atom. The van der Waals surface area contributed by atoms with E-state index in [1.807, 2.05) is 43.3 Å². The fourth-order valence-corrected chi connectivity index (χ4v) is 3.24. The zero-order chi connectivity index (χ0) is 14.8. The summed E-state index contributed by atoms with van der Waals surface area (Å²) in [7, 11) is 0. The van der Waals surface area contributed by atoms with Gasteiger partial charge in [-0.1, -0.05) is 30.3 Å². The SMILES string of the molecule is Cc1cc(F)cc(-c2nc(-c3ccccc3)c(CN)s2)c1. The fraction of sp³-hybridized carbons (Fsp3) is 0.118. The molecule has 1 heterocycles. The number of aromatic nitrogens is 1. The molecular weight excluding hydrogens is 283 g/mol. The summed E-state index contributed by atoms with van der Waals surface area (Å²) in [5.74, 6) is -0.240. The van der Waals surface area contributed by atoms with Gasteiger partial charge in [-0.25, -0.2) is 9.37 Å². The van der Waals surface area contributed by atoms with E-state index in [0.717, 1.165) is 32.3 Å². The fourth-order valence-electron chi connectivity index (χ4n) is 2.29. The maximum atomic E-state index is 13.6. The zero-order valence-corrected chi connectivity index (χ0v) is 12.5. The van der Waals surface area contributed by atoms with Crippen molar-refractivity contribution in [2.45, 2.75) is 13.5 Å². The van der Waals surface area contributed by atoms with E-state index in [1.165, 1.54) is 23.5 Å². The Labute approximate surface area is 127 Å². The molecule has 0 bridgehead atoms. The molecule has 0 amide bonds. The molecule has 0 spiro atoms. The Morgan fingerprint density at radius 2 is 1.86 bits per heavy atom. The lowest BCUT2D eigenvalue weighted by Gasteiger charge is -2.00. The molecule has 0 saturated heterocycles. The number of rotatable bonds is 3. The summed E-state index contributed by atoms with van der Waals surface area (Å²) in [6, 6.07) is 14.9. The topological polar surface area (TPSA) is 38.9 Å². The summed E-state index contributed by atoms with van der Waals surface area (Å²) in [6.07, 6.45) is 0. The summed E-state index contributed by atoms with van der Waals surface area (Å²) < 4.78 is 13.6. The molecule has 1 aromatic heterocycles. The van der Waals surface area contributed by atoms with Crippen LogP contribution < -0.4 is 5.73 Å². The Kier molecular flexibility index (Phi) is 3.82. The van der Waals surface area contributed by atoms with E-state index >= 15 is 0 Å². The molecule has 3 aromatic rings. The van der Waals surface area contributed by atoms with Crippen molar-refractivity contribution in [3.63, 3.8) is 0 Å². The molecule has 0 aliphatic heterocycles. The van der Waals surface area contributed by atoms with Crippen LogP contribution in [0.3, 0.4) is 0 Å². The second-order valence-corrected chi connectivity index (χ2v) is 5.96. The molecule has 2 N–H and O–H groups in total. The lowest BCUT2D eigenvalue weighted by molar-refractivity contribution is 0.627. The van der Waals surface area contributed by atoms with Crippen molar-refractivity contribution in [3.8, 4) is 21.8 Å². The van der Waals surface area contributed by atoms with Gasteiger partial charge in [0.1, 0.15) is 10.8 Å². The number of halogens is 1. The highest BCUT2D eigenvalue weighted by Crippen LogP contribution is 2.34. The molecule has 3 rings (SSSR count). The van der Waals surface area contributed by atoms with Crippen molar-refractivity contribution in [3.05, 3.63) is 64.8 Å². The lowest BCUT2D eigenvalue weighted by Crippen LogP contribution is -1.95.